The van der Waals surface area contributed by atoms with Crippen LogP contribution in [0.5, 0.6) is 0 Å². The van der Waals surface area contributed by atoms with Gasteiger partial charge in [-0.25, -0.2) is 5.43 Å². The van der Waals surface area contributed by atoms with Gasteiger partial charge < -0.3 is 0 Å². The number of nitrogens with one attached hydrogen (secondary N) is 1. The molecule has 3 nitrogen and oxygen atoms in total. The highest BCUT2D eigenvalue weighted by atomic mass is 35.5. The van der Waals surface area contributed by atoms with Crippen LogP contribution in [0, 0.1) is 5.92 Å². The summed E-state index contributed by atoms with van der Waals surface area (Å²) in [6.07, 6.45) is 1.61. The number of carbonyl (C=O) groups is 1. The molecule has 112 valence electrons. The number of rotatable bonds is 4. The molecule has 0 aromatic heterocycles. The first kappa shape index (κ1) is 15.1. The fourth-order valence-corrected chi connectivity index (χ4v) is 3.22. The van der Waals surface area contributed by atoms with Crippen molar-refractivity contribution in [1.82, 2.24) is 5.43 Å². The van der Waals surface area contributed by atoms with E-state index >= 15 is 0 Å². The van der Waals surface area contributed by atoms with E-state index in [9.17, 15) is 4.79 Å². The molecular formula is C17H14Cl2N2O. The van der Waals surface area contributed by atoms with E-state index in [1.807, 2.05) is 36.4 Å². The summed E-state index contributed by atoms with van der Waals surface area (Å²) in [6.45, 7) is 0. The lowest BCUT2D eigenvalue weighted by Gasteiger charge is -1.98. The molecule has 0 bridgehead atoms. The average Bonchev–Trinajstić information content (AvgIpc) is 3.10. The van der Waals surface area contributed by atoms with E-state index in [-0.39, 0.29) is 17.7 Å². The third kappa shape index (κ3) is 3.01. The maximum absolute atomic E-state index is 11.9. The van der Waals surface area contributed by atoms with Gasteiger partial charge >= 0.3 is 0 Å². The van der Waals surface area contributed by atoms with Crippen molar-refractivity contribution in [3.8, 4) is 0 Å². The number of nitrogens with zero attached hydrogens (tertiary/aromatic N) is 1. The fraction of sp³-hybridized carbons (Fsp3) is 0.176. The van der Waals surface area contributed by atoms with Crippen molar-refractivity contribution in [3.05, 3.63) is 71.8 Å². The number of hydrazone groups is 1. The summed E-state index contributed by atoms with van der Waals surface area (Å²) in [4.78, 5) is 11.9. The lowest BCUT2D eigenvalue weighted by Crippen LogP contribution is -2.17. The molecule has 0 saturated heterocycles. The van der Waals surface area contributed by atoms with Crippen molar-refractivity contribution in [3.63, 3.8) is 0 Å². The van der Waals surface area contributed by atoms with Crippen LogP contribution >= 0.6 is 23.2 Å². The van der Waals surface area contributed by atoms with Gasteiger partial charge in [-0.1, -0.05) is 48.5 Å². The highest BCUT2D eigenvalue weighted by Crippen LogP contribution is 2.63. The maximum atomic E-state index is 11.9. The van der Waals surface area contributed by atoms with Crippen molar-refractivity contribution in [2.75, 3.05) is 0 Å². The SMILES string of the molecule is O=C(N/N=C\[C@H]1[C@H](c2ccccc2)C1(Cl)Cl)c1ccccc1. The minimum absolute atomic E-state index is 0.00518. The number of halogens is 2. The fourth-order valence-electron chi connectivity index (χ4n) is 2.46. The highest BCUT2D eigenvalue weighted by Gasteiger charge is 2.63. The van der Waals surface area contributed by atoms with Crippen LogP contribution < -0.4 is 5.43 Å². The Morgan fingerprint density at radius 3 is 2.27 bits per heavy atom. The van der Waals surface area contributed by atoms with E-state index < -0.39 is 4.33 Å². The molecule has 5 heteroatoms. The van der Waals surface area contributed by atoms with Crippen LogP contribution in [-0.2, 0) is 0 Å². The molecule has 2 aromatic carbocycles. The number of benzene rings is 2. The maximum Gasteiger partial charge on any atom is 0.271 e. The van der Waals surface area contributed by atoms with Gasteiger partial charge in [0.05, 0.1) is 0 Å². The summed E-state index contributed by atoms with van der Waals surface area (Å²) in [6, 6.07) is 18.7. The Morgan fingerprint density at radius 2 is 1.64 bits per heavy atom. The van der Waals surface area contributed by atoms with Gasteiger partial charge in [-0.15, -0.1) is 23.2 Å². The molecule has 1 aliphatic rings. The molecule has 0 spiro atoms. The summed E-state index contributed by atoms with van der Waals surface area (Å²) in [5.74, 6) is -0.382. The second-order valence-electron chi connectivity index (χ2n) is 5.17. The predicted octanol–water partition coefficient (Wildman–Crippen LogP) is 3.99. The number of hydrogen-bond acceptors (Lipinski definition) is 2. The minimum Gasteiger partial charge on any atom is -0.267 e. The van der Waals surface area contributed by atoms with Crippen LogP contribution in [0.25, 0.3) is 0 Å². The van der Waals surface area contributed by atoms with Gasteiger partial charge in [-0.05, 0) is 17.7 Å². The van der Waals surface area contributed by atoms with Gasteiger partial charge in [0.25, 0.3) is 5.91 Å². The van der Waals surface area contributed by atoms with Gasteiger partial charge in [0, 0.05) is 23.6 Å². The van der Waals surface area contributed by atoms with Crippen molar-refractivity contribution in [1.29, 1.82) is 0 Å². The van der Waals surface area contributed by atoms with Crippen LogP contribution in [0.2, 0.25) is 0 Å². The molecule has 1 aliphatic carbocycles. The Hall–Kier alpha value is -1.84. The quantitative estimate of drug-likeness (QED) is 0.513. The largest absolute Gasteiger partial charge is 0.271 e. The number of amides is 1. The van der Waals surface area contributed by atoms with Crippen molar-refractivity contribution < 1.29 is 4.79 Å². The monoisotopic (exact) mass is 332 g/mol. The number of carbonyl (C=O) groups excluding carboxylic acids is 1. The Balaban J connectivity index is 1.63. The molecule has 1 fully saturated rings. The lowest BCUT2D eigenvalue weighted by molar-refractivity contribution is 0.0955. The van der Waals surface area contributed by atoms with E-state index in [0.717, 1.165) is 5.56 Å². The first-order valence-electron chi connectivity index (χ1n) is 6.92. The van der Waals surface area contributed by atoms with Crippen molar-refractivity contribution in [2.45, 2.75) is 10.3 Å². The second kappa shape index (κ2) is 6.11. The molecule has 0 heterocycles. The topological polar surface area (TPSA) is 41.5 Å². The Bertz CT molecular complexity index is 686. The lowest BCUT2D eigenvalue weighted by atomic mass is 10.1. The zero-order valence-electron chi connectivity index (χ0n) is 11.6. The smallest absolute Gasteiger partial charge is 0.267 e. The molecule has 1 amide bonds. The van der Waals surface area contributed by atoms with Crippen LogP contribution in [0.1, 0.15) is 21.8 Å². The summed E-state index contributed by atoms with van der Waals surface area (Å²) in [5.41, 5.74) is 4.11. The molecule has 0 aliphatic heterocycles. The molecule has 0 radical (unpaired) electrons. The number of alkyl halides is 2. The summed E-state index contributed by atoms with van der Waals surface area (Å²) >= 11 is 12.6. The van der Waals surface area contributed by atoms with Gasteiger partial charge in [0.2, 0.25) is 0 Å². The Labute approximate surface area is 138 Å². The van der Waals surface area contributed by atoms with E-state index in [2.05, 4.69) is 10.5 Å². The molecule has 2 aromatic rings. The third-order valence-corrected chi connectivity index (χ3v) is 4.68. The molecule has 3 rings (SSSR count). The van der Waals surface area contributed by atoms with E-state index in [4.69, 9.17) is 23.2 Å². The van der Waals surface area contributed by atoms with Crippen LogP contribution in [0.15, 0.2) is 65.8 Å². The van der Waals surface area contributed by atoms with Crippen molar-refractivity contribution >= 4 is 35.3 Å². The first-order chi connectivity index (χ1) is 10.6. The molecule has 1 N–H and O–H groups in total. The third-order valence-electron chi connectivity index (χ3n) is 3.70. The molecular weight excluding hydrogens is 319 g/mol. The van der Waals surface area contributed by atoms with E-state index in [0.29, 0.717) is 5.56 Å². The van der Waals surface area contributed by atoms with Crippen molar-refractivity contribution in [2.24, 2.45) is 11.0 Å². The predicted molar refractivity (Wildman–Crippen MR) is 89.5 cm³/mol. The molecule has 1 saturated carbocycles. The second-order valence-corrected chi connectivity index (χ2v) is 6.62. The molecule has 2 atom stereocenters. The van der Waals surface area contributed by atoms with E-state index in [1.54, 1.807) is 30.5 Å². The summed E-state index contributed by atoms with van der Waals surface area (Å²) < 4.78 is -0.873. The Morgan fingerprint density at radius 1 is 1.05 bits per heavy atom. The van der Waals surface area contributed by atoms with Gasteiger partial charge in [0.1, 0.15) is 4.33 Å². The van der Waals surface area contributed by atoms with Gasteiger partial charge in [-0.3, -0.25) is 4.79 Å². The standard InChI is InChI=1S/C17H14Cl2N2O/c18-17(19)14(15(17)12-7-3-1-4-8-12)11-20-21-16(22)13-9-5-2-6-10-13/h1-11,14-15H,(H,21,22)/b20-11-/t14-,15-/m0/s1. The number of hydrogen-bond donors (Lipinski definition) is 1. The van der Waals surface area contributed by atoms with Crippen LogP contribution in [0.4, 0.5) is 0 Å². The minimum atomic E-state index is -0.873. The van der Waals surface area contributed by atoms with Crippen LogP contribution in [-0.4, -0.2) is 16.5 Å². The zero-order valence-corrected chi connectivity index (χ0v) is 13.1. The first-order valence-corrected chi connectivity index (χ1v) is 7.67. The summed E-state index contributed by atoms with van der Waals surface area (Å²) in [7, 11) is 0. The average molecular weight is 333 g/mol. The Kier molecular flexibility index (Phi) is 4.19. The molecule has 22 heavy (non-hydrogen) atoms. The van der Waals surface area contributed by atoms with Gasteiger partial charge in [0.15, 0.2) is 0 Å². The normalized spacial score (nSPS) is 22.5. The summed E-state index contributed by atoms with van der Waals surface area (Å²) in [5, 5.41) is 3.99. The van der Waals surface area contributed by atoms with Gasteiger partial charge in [-0.2, -0.15) is 5.10 Å². The van der Waals surface area contributed by atoms with E-state index in [1.165, 1.54) is 0 Å². The molecule has 0 unspecified atom stereocenters. The van der Waals surface area contributed by atoms with Crippen LogP contribution in [0.3, 0.4) is 0 Å². The highest BCUT2D eigenvalue weighted by molar-refractivity contribution is 6.53. The zero-order chi connectivity index (χ0) is 15.6.